The number of carbonyl (C=O) groups is 2. The molecule has 0 saturated carbocycles. The van der Waals surface area contributed by atoms with E-state index in [9.17, 15) is 9.59 Å². The van der Waals surface area contributed by atoms with Crippen molar-refractivity contribution in [2.24, 2.45) is 5.73 Å². The fourth-order valence-corrected chi connectivity index (χ4v) is 1.62. The summed E-state index contributed by atoms with van der Waals surface area (Å²) in [5.74, 6) is 0.0807. The molecule has 0 aromatic heterocycles. The molecule has 0 bridgehead atoms. The van der Waals surface area contributed by atoms with Crippen molar-refractivity contribution in [1.29, 1.82) is 0 Å². The van der Waals surface area contributed by atoms with E-state index in [1.54, 1.807) is 12.1 Å². The van der Waals surface area contributed by atoms with Gasteiger partial charge in [0.15, 0.2) is 6.61 Å². The molecular formula is C15H23N3O3. The molecule has 0 radical (unpaired) electrons. The van der Waals surface area contributed by atoms with Crippen molar-refractivity contribution in [2.75, 3.05) is 13.2 Å². The van der Waals surface area contributed by atoms with Crippen LogP contribution in [0, 0.1) is 0 Å². The Labute approximate surface area is 125 Å². The number of benzene rings is 1. The molecule has 116 valence electrons. The summed E-state index contributed by atoms with van der Waals surface area (Å²) in [6.07, 6.45) is 0.922. The van der Waals surface area contributed by atoms with E-state index in [0.29, 0.717) is 18.8 Å². The molecule has 2 amide bonds. The Hall–Kier alpha value is -2.08. The zero-order valence-electron chi connectivity index (χ0n) is 12.5. The van der Waals surface area contributed by atoms with Crippen LogP contribution >= 0.6 is 0 Å². The van der Waals surface area contributed by atoms with Crippen LogP contribution in [0.3, 0.4) is 0 Å². The van der Waals surface area contributed by atoms with Gasteiger partial charge in [-0.15, -0.1) is 0 Å². The van der Waals surface area contributed by atoms with Crippen molar-refractivity contribution >= 4 is 11.8 Å². The molecular weight excluding hydrogens is 270 g/mol. The van der Waals surface area contributed by atoms with E-state index in [1.807, 2.05) is 26.0 Å². The molecule has 1 aromatic rings. The lowest BCUT2D eigenvalue weighted by Gasteiger charge is -2.14. The van der Waals surface area contributed by atoms with Gasteiger partial charge in [0, 0.05) is 13.1 Å². The van der Waals surface area contributed by atoms with Crippen LogP contribution in [0.1, 0.15) is 25.8 Å². The highest BCUT2D eigenvalue weighted by molar-refractivity contribution is 5.81. The Balaban J connectivity index is 2.38. The first-order valence-electron chi connectivity index (χ1n) is 7.04. The van der Waals surface area contributed by atoms with Crippen molar-refractivity contribution in [2.45, 2.75) is 32.9 Å². The summed E-state index contributed by atoms with van der Waals surface area (Å²) in [4.78, 5) is 22.3. The van der Waals surface area contributed by atoms with Gasteiger partial charge in [-0.05, 0) is 31.0 Å². The highest BCUT2D eigenvalue weighted by Crippen LogP contribution is 2.12. The number of carbonyl (C=O) groups excluding carboxylic acids is 2. The summed E-state index contributed by atoms with van der Waals surface area (Å²) in [7, 11) is 0. The van der Waals surface area contributed by atoms with E-state index in [0.717, 1.165) is 12.0 Å². The number of ether oxygens (including phenoxy) is 1. The topological polar surface area (TPSA) is 93.4 Å². The van der Waals surface area contributed by atoms with E-state index in [2.05, 4.69) is 10.6 Å². The largest absolute Gasteiger partial charge is 0.484 e. The molecule has 0 aliphatic carbocycles. The van der Waals surface area contributed by atoms with Crippen LogP contribution in [0.2, 0.25) is 0 Å². The van der Waals surface area contributed by atoms with Crippen LogP contribution in [0.15, 0.2) is 24.3 Å². The first-order valence-corrected chi connectivity index (χ1v) is 7.04. The van der Waals surface area contributed by atoms with E-state index in [-0.39, 0.29) is 18.6 Å². The van der Waals surface area contributed by atoms with E-state index in [4.69, 9.17) is 10.5 Å². The predicted octanol–water partition coefficient (Wildman–Crippen LogP) is 0.555. The Morgan fingerprint density at radius 3 is 2.52 bits per heavy atom. The second-order valence-corrected chi connectivity index (χ2v) is 4.79. The third kappa shape index (κ3) is 6.76. The smallest absolute Gasteiger partial charge is 0.255 e. The highest BCUT2D eigenvalue weighted by atomic mass is 16.5. The lowest BCUT2D eigenvalue weighted by Crippen LogP contribution is -2.42. The average Bonchev–Trinajstić information content (AvgIpc) is 2.49. The molecule has 1 unspecified atom stereocenters. The molecule has 6 heteroatoms. The van der Waals surface area contributed by atoms with Gasteiger partial charge in [-0.2, -0.15) is 0 Å². The maximum atomic E-state index is 11.7. The summed E-state index contributed by atoms with van der Waals surface area (Å²) in [5, 5.41) is 5.99. The van der Waals surface area contributed by atoms with Gasteiger partial charge in [-0.25, -0.2) is 0 Å². The maximum Gasteiger partial charge on any atom is 0.255 e. The number of nitrogens with one attached hydrogen (secondary N) is 2. The number of rotatable bonds is 9. The molecule has 1 aromatic carbocycles. The average molecular weight is 293 g/mol. The van der Waals surface area contributed by atoms with Crippen molar-refractivity contribution in [1.82, 2.24) is 10.6 Å². The van der Waals surface area contributed by atoms with Crippen LogP contribution in [-0.4, -0.2) is 31.0 Å². The Morgan fingerprint density at radius 2 is 1.95 bits per heavy atom. The minimum Gasteiger partial charge on any atom is -0.484 e. The summed E-state index contributed by atoms with van der Waals surface area (Å²) >= 11 is 0. The maximum absolute atomic E-state index is 11.7. The first-order chi connectivity index (χ1) is 10.0. The quantitative estimate of drug-likeness (QED) is 0.620. The van der Waals surface area contributed by atoms with Gasteiger partial charge in [-0.1, -0.05) is 19.1 Å². The van der Waals surface area contributed by atoms with Gasteiger partial charge in [-0.3, -0.25) is 9.59 Å². The number of primary amides is 1. The second kappa shape index (κ2) is 8.97. The normalized spacial score (nSPS) is 11.7. The lowest BCUT2D eigenvalue weighted by molar-refractivity contribution is -0.122. The van der Waals surface area contributed by atoms with Crippen LogP contribution < -0.4 is 21.1 Å². The number of amides is 2. The fraction of sp³-hybridized carbons (Fsp3) is 0.467. The third-order valence-electron chi connectivity index (χ3n) is 2.86. The fourth-order valence-electron chi connectivity index (χ4n) is 1.62. The second-order valence-electron chi connectivity index (χ2n) is 4.79. The minimum absolute atomic E-state index is 0.00161. The molecule has 0 spiro atoms. The SMILES string of the molecule is CCCNC(=O)C(C)NCc1ccc(OCC(N)=O)cc1. The minimum atomic E-state index is -0.507. The third-order valence-corrected chi connectivity index (χ3v) is 2.86. The van der Waals surface area contributed by atoms with Crippen molar-refractivity contribution in [3.05, 3.63) is 29.8 Å². The van der Waals surface area contributed by atoms with Gasteiger partial charge >= 0.3 is 0 Å². The molecule has 0 aliphatic heterocycles. The molecule has 0 aliphatic rings. The molecule has 1 rings (SSSR count). The molecule has 21 heavy (non-hydrogen) atoms. The Morgan fingerprint density at radius 1 is 1.29 bits per heavy atom. The molecule has 1 atom stereocenters. The van der Waals surface area contributed by atoms with Gasteiger partial charge in [0.25, 0.3) is 5.91 Å². The zero-order chi connectivity index (χ0) is 15.7. The van der Waals surface area contributed by atoms with E-state index in [1.165, 1.54) is 0 Å². The summed E-state index contributed by atoms with van der Waals surface area (Å²) < 4.78 is 5.17. The number of hydrogen-bond donors (Lipinski definition) is 3. The monoisotopic (exact) mass is 293 g/mol. The van der Waals surface area contributed by atoms with Crippen LogP contribution in [-0.2, 0) is 16.1 Å². The lowest BCUT2D eigenvalue weighted by atomic mass is 10.2. The standard InChI is InChI=1S/C15H23N3O3/c1-3-8-17-15(20)11(2)18-9-12-4-6-13(7-5-12)21-10-14(16)19/h4-7,11,18H,3,8-10H2,1-2H3,(H2,16,19)(H,17,20). The predicted molar refractivity (Wildman–Crippen MR) is 80.7 cm³/mol. The molecule has 0 heterocycles. The van der Waals surface area contributed by atoms with E-state index < -0.39 is 5.91 Å². The van der Waals surface area contributed by atoms with E-state index >= 15 is 0 Å². The van der Waals surface area contributed by atoms with Crippen LogP contribution in [0.25, 0.3) is 0 Å². The molecule has 0 fully saturated rings. The van der Waals surface area contributed by atoms with Gasteiger partial charge < -0.3 is 21.1 Å². The first kappa shape index (κ1) is 17.0. The highest BCUT2D eigenvalue weighted by Gasteiger charge is 2.10. The summed E-state index contributed by atoms with van der Waals surface area (Å²) in [6.45, 7) is 4.98. The zero-order valence-corrected chi connectivity index (χ0v) is 12.5. The Bertz CT molecular complexity index is 460. The van der Waals surface area contributed by atoms with Crippen LogP contribution in [0.5, 0.6) is 5.75 Å². The summed E-state index contributed by atoms with van der Waals surface area (Å²) in [6, 6.07) is 7.03. The van der Waals surface area contributed by atoms with Gasteiger partial charge in [0.05, 0.1) is 6.04 Å². The summed E-state index contributed by atoms with van der Waals surface area (Å²) in [5.41, 5.74) is 6.03. The van der Waals surface area contributed by atoms with Crippen molar-refractivity contribution in [3.8, 4) is 5.75 Å². The number of hydrogen-bond acceptors (Lipinski definition) is 4. The molecule has 6 nitrogen and oxygen atoms in total. The van der Waals surface area contributed by atoms with Crippen molar-refractivity contribution in [3.63, 3.8) is 0 Å². The van der Waals surface area contributed by atoms with Gasteiger partial charge in [0.2, 0.25) is 5.91 Å². The number of nitrogens with two attached hydrogens (primary N) is 1. The molecule has 0 saturated heterocycles. The molecule has 4 N–H and O–H groups in total. The Kier molecular flexibility index (Phi) is 7.25. The van der Waals surface area contributed by atoms with Crippen LogP contribution in [0.4, 0.5) is 0 Å². The van der Waals surface area contributed by atoms with Crippen molar-refractivity contribution < 1.29 is 14.3 Å². The van der Waals surface area contributed by atoms with Gasteiger partial charge in [0.1, 0.15) is 5.75 Å².